The van der Waals surface area contributed by atoms with Crippen LogP contribution in [0.25, 0.3) is 0 Å². The molecule has 0 spiro atoms. The molecular weight excluding hydrogens is 265 g/mol. The molecule has 1 aliphatic rings. The minimum atomic E-state index is -0.245. The Morgan fingerprint density at radius 2 is 1.78 bits per heavy atom. The lowest BCUT2D eigenvalue weighted by molar-refractivity contribution is 0.339. The van der Waals surface area contributed by atoms with Crippen LogP contribution >= 0.6 is 23.2 Å². The summed E-state index contributed by atoms with van der Waals surface area (Å²) in [4.78, 5) is 0. The van der Waals surface area contributed by atoms with Crippen LogP contribution in [-0.2, 0) is 6.42 Å². The van der Waals surface area contributed by atoms with Crippen LogP contribution in [0.3, 0.4) is 0 Å². The Morgan fingerprint density at radius 1 is 1.11 bits per heavy atom. The number of halogens is 2. The number of nitriles is 1. The summed E-state index contributed by atoms with van der Waals surface area (Å²) in [7, 11) is 0. The predicted octanol–water partition coefficient (Wildman–Crippen LogP) is 5.40. The minimum Gasteiger partial charge on any atom is -0.198 e. The van der Waals surface area contributed by atoms with E-state index in [1.54, 1.807) is 6.07 Å². The Balaban J connectivity index is 2.24. The van der Waals surface area contributed by atoms with E-state index in [2.05, 4.69) is 6.07 Å². The second-order valence-corrected chi connectivity index (χ2v) is 5.98. The summed E-state index contributed by atoms with van der Waals surface area (Å²) < 4.78 is 0. The molecule has 0 aliphatic heterocycles. The molecule has 1 aromatic carbocycles. The average Bonchev–Trinajstić information content (AvgIpc) is 2.61. The Bertz CT molecular complexity index is 454. The number of benzene rings is 1. The monoisotopic (exact) mass is 281 g/mol. The van der Waals surface area contributed by atoms with Gasteiger partial charge in [0.2, 0.25) is 0 Å². The summed E-state index contributed by atoms with van der Waals surface area (Å²) in [5.74, 6) is 0. The highest BCUT2D eigenvalue weighted by atomic mass is 35.5. The van der Waals surface area contributed by atoms with Crippen molar-refractivity contribution in [1.82, 2.24) is 0 Å². The van der Waals surface area contributed by atoms with Crippen molar-refractivity contribution in [2.45, 2.75) is 44.9 Å². The predicted molar refractivity (Wildman–Crippen MR) is 75.9 cm³/mol. The first-order chi connectivity index (χ1) is 8.67. The van der Waals surface area contributed by atoms with Gasteiger partial charge in [0.15, 0.2) is 0 Å². The summed E-state index contributed by atoms with van der Waals surface area (Å²) >= 11 is 12.3. The molecule has 0 bridgehead atoms. The summed E-state index contributed by atoms with van der Waals surface area (Å²) in [6, 6.07) is 8.23. The first-order valence-electron chi connectivity index (χ1n) is 6.51. The van der Waals surface area contributed by atoms with Crippen LogP contribution in [0.2, 0.25) is 10.0 Å². The molecule has 0 aromatic heterocycles. The van der Waals surface area contributed by atoms with Gasteiger partial charge in [-0.2, -0.15) is 5.26 Å². The normalized spacial score (nSPS) is 18.9. The lowest BCUT2D eigenvalue weighted by Crippen LogP contribution is -2.21. The Morgan fingerprint density at radius 3 is 2.39 bits per heavy atom. The molecular formula is C15H17Cl2N. The lowest BCUT2D eigenvalue weighted by Gasteiger charge is -2.25. The highest BCUT2D eigenvalue weighted by Crippen LogP contribution is 2.39. The number of nitrogens with zero attached hydrogens (tertiary/aromatic N) is 1. The molecule has 1 fully saturated rings. The van der Waals surface area contributed by atoms with E-state index in [4.69, 9.17) is 23.2 Å². The van der Waals surface area contributed by atoms with E-state index in [1.165, 1.54) is 12.8 Å². The maximum atomic E-state index is 9.56. The zero-order valence-corrected chi connectivity index (χ0v) is 11.9. The smallest absolute Gasteiger partial charge is 0.0693 e. The molecule has 0 N–H and O–H groups in total. The van der Waals surface area contributed by atoms with E-state index < -0.39 is 0 Å². The molecule has 18 heavy (non-hydrogen) atoms. The average molecular weight is 282 g/mol. The third kappa shape index (κ3) is 2.99. The van der Waals surface area contributed by atoms with Gasteiger partial charge >= 0.3 is 0 Å². The first kappa shape index (κ1) is 13.7. The van der Waals surface area contributed by atoms with Crippen molar-refractivity contribution in [3.63, 3.8) is 0 Å². The molecule has 0 unspecified atom stereocenters. The van der Waals surface area contributed by atoms with Crippen LogP contribution in [0.1, 0.15) is 44.1 Å². The molecule has 1 aliphatic carbocycles. The van der Waals surface area contributed by atoms with Crippen LogP contribution < -0.4 is 0 Å². The van der Waals surface area contributed by atoms with Gasteiger partial charge in [-0.3, -0.25) is 0 Å². The summed E-state index contributed by atoms with van der Waals surface area (Å²) in [6.07, 6.45) is 7.46. The zero-order valence-electron chi connectivity index (χ0n) is 10.4. The largest absolute Gasteiger partial charge is 0.198 e. The van der Waals surface area contributed by atoms with Crippen molar-refractivity contribution in [3.8, 4) is 6.07 Å². The summed E-state index contributed by atoms with van der Waals surface area (Å²) in [6.45, 7) is 0. The molecule has 96 valence electrons. The highest BCUT2D eigenvalue weighted by Gasteiger charge is 2.31. The fourth-order valence-electron chi connectivity index (χ4n) is 2.78. The molecule has 1 aromatic rings. The number of hydrogen-bond acceptors (Lipinski definition) is 1. The number of rotatable bonds is 2. The van der Waals surface area contributed by atoms with E-state index >= 15 is 0 Å². The van der Waals surface area contributed by atoms with Gasteiger partial charge in [-0.1, -0.05) is 61.0 Å². The minimum absolute atomic E-state index is 0.245. The Labute approximate surface area is 119 Å². The molecule has 2 rings (SSSR count). The fraction of sp³-hybridized carbons (Fsp3) is 0.533. The van der Waals surface area contributed by atoms with Crippen LogP contribution in [0.4, 0.5) is 0 Å². The van der Waals surface area contributed by atoms with Crippen molar-refractivity contribution in [1.29, 1.82) is 5.26 Å². The molecule has 3 heteroatoms. The molecule has 0 heterocycles. The van der Waals surface area contributed by atoms with Gasteiger partial charge < -0.3 is 0 Å². The number of hydrogen-bond donors (Lipinski definition) is 0. The van der Waals surface area contributed by atoms with Gasteiger partial charge in [0.1, 0.15) is 0 Å². The lowest BCUT2D eigenvalue weighted by atomic mass is 9.77. The van der Waals surface area contributed by atoms with Crippen LogP contribution in [0, 0.1) is 16.7 Å². The summed E-state index contributed by atoms with van der Waals surface area (Å²) in [5.41, 5.74) is 0.762. The van der Waals surface area contributed by atoms with Gasteiger partial charge in [0, 0.05) is 0 Å². The Kier molecular flexibility index (Phi) is 4.54. The summed E-state index contributed by atoms with van der Waals surface area (Å²) in [5, 5.41) is 10.8. The zero-order chi connectivity index (χ0) is 13.0. The molecule has 0 radical (unpaired) electrons. The second-order valence-electron chi connectivity index (χ2n) is 5.20. The van der Waals surface area contributed by atoms with Crippen LogP contribution in [0.15, 0.2) is 18.2 Å². The highest BCUT2D eigenvalue weighted by molar-refractivity contribution is 6.42. The molecule has 0 amide bonds. The van der Waals surface area contributed by atoms with E-state index in [0.29, 0.717) is 10.0 Å². The van der Waals surface area contributed by atoms with Gasteiger partial charge in [-0.25, -0.2) is 0 Å². The van der Waals surface area contributed by atoms with E-state index in [1.807, 2.05) is 12.1 Å². The molecule has 0 atom stereocenters. The second kappa shape index (κ2) is 5.95. The van der Waals surface area contributed by atoms with Crippen LogP contribution in [-0.4, -0.2) is 0 Å². The molecule has 1 nitrogen and oxygen atoms in total. The fourth-order valence-corrected chi connectivity index (χ4v) is 3.17. The topological polar surface area (TPSA) is 23.8 Å². The molecule has 0 saturated heterocycles. The molecule has 1 saturated carbocycles. The maximum absolute atomic E-state index is 9.56. The van der Waals surface area contributed by atoms with Gasteiger partial charge in [-0.15, -0.1) is 0 Å². The quantitative estimate of drug-likeness (QED) is 0.666. The third-order valence-corrected chi connectivity index (χ3v) is 4.72. The van der Waals surface area contributed by atoms with Crippen molar-refractivity contribution in [2.75, 3.05) is 0 Å². The van der Waals surface area contributed by atoms with Crippen molar-refractivity contribution >= 4 is 23.2 Å². The van der Waals surface area contributed by atoms with E-state index in [9.17, 15) is 5.26 Å². The van der Waals surface area contributed by atoms with Crippen molar-refractivity contribution < 1.29 is 0 Å². The van der Waals surface area contributed by atoms with Gasteiger partial charge in [-0.05, 0) is 30.9 Å². The van der Waals surface area contributed by atoms with Crippen molar-refractivity contribution in [2.24, 2.45) is 5.41 Å². The Hall–Kier alpha value is -0.710. The first-order valence-corrected chi connectivity index (χ1v) is 7.27. The van der Waals surface area contributed by atoms with E-state index in [-0.39, 0.29) is 5.41 Å². The SMILES string of the molecule is N#CC1(Cc2cccc(Cl)c2Cl)CCCCCC1. The van der Waals surface area contributed by atoms with Gasteiger partial charge in [0.05, 0.1) is 21.5 Å². The van der Waals surface area contributed by atoms with Gasteiger partial charge in [0.25, 0.3) is 0 Å². The standard InChI is InChI=1S/C15H17Cl2N/c16-13-7-5-6-12(14(13)17)10-15(11-18)8-3-1-2-4-9-15/h5-7H,1-4,8-10H2. The van der Waals surface area contributed by atoms with Crippen LogP contribution in [0.5, 0.6) is 0 Å². The van der Waals surface area contributed by atoms with Crippen molar-refractivity contribution in [3.05, 3.63) is 33.8 Å². The van der Waals surface area contributed by atoms with E-state index in [0.717, 1.165) is 37.7 Å². The maximum Gasteiger partial charge on any atom is 0.0693 e. The third-order valence-electron chi connectivity index (χ3n) is 3.86.